The van der Waals surface area contributed by atoms with E-state index in [9.17, 15) is 9.59 Å². The zero-order valence-corrected chi connectivity index (χ0v) is 11.3. The summed E-state index contributed by atoms with van der Waals surface area (Å²) in [6.07, 6.45) is 3.02. The van der Waals surface area contributed by atoms with Crippen molar-refractivity contribution in [3.63, 3.8) is 0 Å². The van der Waals surface area contributed by atoms with Crippen LogP contribution in [0.2, 0.25) is 0 Å². The molecule has 102 valence electrons. The van der Waals surface area contributed by atoms with Gasteiger partial charge in [0.1, 0.15) is 12.1 Å². The normalized spacial score (nSPS) is 23.4. The molecular formula is C14H19N3O2. The van der Waals surface area contributed by atoms with Crippen LogP contribution in [-0.4, -0.2) is 40.3 Å². The highest BCUT2D eigenvalue weighted by Crippen LogP contribution is 2.12. The summed E-state index contributed by atoms with van der Waals surface area (Å²) < 4.78 is 0. The van der Waals surface area contributed by atoms with E-state index in [1.165, 1.54) is 0 Å². The molecule has 1 saturated heterocycles. The average Bonchev–Trinajstić information content (AvgIpc) is 2.44. The Morgan fingerprint density at radius 3 is 2.79 bits per heavy atom. The number of pyridine rings is 1. The third-order valence-electron chi connectivity index (χ3n) is 3.49. The van der Waals surface area contributed by atoms with Crippen molar-refractivity contribution in [3.8, 4) is 0 Å². The van der Waals surface area contributed by atoms with Crippen molar-refractivity contribution in [1.29, 1.82) is 0 Å². The van der Waals surface area contributed by atoms with Gasteiger partial charge in [0, 0.05) is 24.9 Å². The number of amides is 2. The topological polar surface area (TPSA) is 62.3 Å². The van der Waals surface area contributed by atoms with Crippen molar-refractivity contribution in [2.75, 3.05) is 6.54 Å². The van der Waals surface area contributed by atoms with Crippen molar-refractivity contribution >= 4 is 11.8 Å². The number of piperazine rings is 1. The Morgan fingerprint density at radius 2 is 2.16 bits per heavy atom. The molecule has 0 saturated carbocycles. The lowest BCUT2D eigenvalue weighted by atomic mass is 10.1. The summed E-state index contributed by atoms with van der Waals surface area (Å²) in [5.41, 5.74) is 0.932. The molecule has 2 unspecified atom stereocenters. The van der Waals surface area contributed by atoms with Crippen LogP contribution in [-0.2, 0) is 16.0 Å². The monoisotopic (exact) mass is 261 g/mol. The van der Waals surface area contributed by atoms with Crippen LogP contribution in [0, 0.1) is 0 Å². The number of hydrogen-bond donors (Lipinski definition) is 1. The van der Waals surface area contributed by atoms with Crippen LogP contribution in [0.4, 0.5) is 0 Å². The SMILES string of the molecule is CCC1NC(=O)C(C)N(CCc2ccccn2)C1=O. The van der Waals surface area contributed by atoms with E-state index in [0.717, 1.165) is 5.69 Å². The van der Waals surface area contributed by atoms with Gasteiger partial charge in [-0.05, 0) is 25.5 Å². The molecule has 0 aromatic carbocycles. The number of hydrogen-bond acceptors (Lipinski definition) is 3. The van der Waals surface area contributed by atoms with Gasteiger partial charge in [-0.2, -0.15) is 0 Å². The van der Waals surface area contributed by atoms with Gasteiger partial charge in [0.05, 0.1) is 0 Å². The summed E-state index contributed by atoms with van der Waals surface area (Å²) in [6, 6.07) is 4.92. The first-order valence-corrected chi connectivity index (χ1v) is 6.64. The number of rotatable bonds is 4. The predicted octanol–water partition coefficient (Wildman–Crippen LogP) is 0.750. The maximum atomic E-state index is 12.2. The third kappa shape index (κ3) is 2.92. The highest BCUT2D eigenvalue weighted by Gasteiger charge is 2.36. The van der Waals surface area contributed by atoms with E-state index < -0.39 is 6.04 Å². The predicted molar refractivity (Wildman–Crippen MR) is 71.3 cm³/mol. The van der Waals surface area contributed by atoms with Crippen LogP contribution in [0.25, 0.3) is 0 Å². The number of carbonyl (C=O) groups is 2. The molecule has 0 spiro atoms. The zero-order chi connectivity index (χ0) is 13.8. The van der Waals surface area contributed by atoms with Crippen LogP contribution in [0.1, 0.15) is 26.0 Å². The maximum absolute atomic E-state index is 12.2. The van der Waals surface area contributed by atoms with Crippen LogP contribution in [0.15, 0.2) is 24.4 Å². The Bertz CT molecular complexity index is 461. The number of nitrogens with one attached hydrogen (secondary N) is 1. The lowest BCUT2D eigenvalue weighted by Crippen LogP contribution is -2.62. The molecule has 1 aliphatic rings. The van der Waals surface area contributed by atoms with Crippen molar-refractivity contribution in [3.05, 3.63) is 30.1 Å². The second kappa shape index (κ2) is 5.82. The highest BCUT2D eigenvalue weighted by atomic mass is 16.2. The summed E-state index contributed by atoms with van der Waals surface area (Å²) in [5.74, 6) is -0.0713. The molecule has 1 N–H and O–H groups in total. The van der Waals surface area contributed by atoms with Gasteiger partial charge < -0.3 is 10.2 Å². The van der Waals surface area contributed by atoms with Crippen LogP contribution >= 0.6 is 0 Å². The van der Waals surface area contributed by atoms with Gasteiger partial charge in [-0.15, -0.1) is 0 Å². The molecule has 1 aromatic heterocycles. The molecule has 1 aliphatic heterocycles. The lowest BCUT2D eigenvalue weighted by molar-refractivity contribution is -0.148. The fourth-order valence-electron chi connectivity index (χ4n) is 2.25. The van der Waals surface area contributed by atoms with Crippen molar-refractivity contribution < 1.29 is 9.59 Å². The number of carbonyl (C=O) groups excluding carboxylic acids is 2. The van der Waals surface area contributed by atoms with E-state index in [4.69, 9.17) is 0 Å². The molecule has 0 bridgehead atoms. The molecule has 2 rings (SSSR count). The minimum absolute atomic E-state index is 0.00512. The summed E-state index contributed by atoms with van der Waals surface area (Å²) in [4.78, 5) is 29.9. The summed E-state index contributed by atoms with van der Waals surface area (Å²) in [5, 5.41) is 2.75. The first-order chi connectivity index (χ1) is 9.13. The summed E-state index contributed by atoms with van der Waals surface area (Å²) >= 11 is 0. The molecule has 0 aliphatic carbocycles. The molecule has 5 heteroatoms. The molecule has 2 atom stereocenters. The lowest BCUT2D eigenvalue weighted by Gasteiger charge is -2.37. The third-order valence-corrected chi connectivity index (χ3v) is 3.49. The highest BCUT2D eigenvalue weighted by molar-refractivity contribution is 5.96. The molecule has 2 heterocycles. The number of nitrogens with zero attached hydrogens (tertiary/aromatic N) is 2. The minimum atomic E-state index is -0.404. The Morgan fingerprint density at radius 1 is 1.37 bits per heavy atom. The summed E-state index contributed by atoms with van der Waals surface area (Å²) in [7, 11) is 0. The van der Waals surface area contributed by atoms with Crippen LogP contribution in [0.5, 0.6) is 0 Å². The van der Waals surface area contributed by atoms with E-state index in [0.29, 0.717) is 19.4 Å². The van der Waals surface area contributed by atoms with Crippen LogP contribution < -0.4 is 5.32 Å². The van der Waals surface area contributed by atoms with Gasteiger partial charge >= 0.3 is 0 Å². The molecule has 2 amide bonds. The smallest absolute Gasteiger partial charge is 0.245 e. The van der Waals surface area contributed by atoms with E-state index in [-0.39, 0.29) is 17.9 Å². The fourth-order valence-corrected chi connectivity index (χ4v) is 2.25. The van der Waals surface area contributed by atoms with E-state index >= 15 is 0 Å². The first kappa shape index (κ1) is 13.5. The van der Waals surface area contributed by atoms with E-state index in [1.807, 2.05) is 25.1 Å². The molecular weight excluding hydrogens is 242 g/mol. The van der Waals surface area contributed by atoms with Gasteiger partial charge in [-0.1, -0.05) is 13.0 Å². The Kier molecular flexibility index (Phi) is 4.14. The van der Waals surface area contributed by atoms with Gasteiger partial charge in [0.15, 0.2) is 0 Å². The quantitative estimate of drug-likeness (QED) is 0.870. The maximum Gasteiger partial charge on any atom is 0.245 e. The van der Waals surface area contributed by atoms with E-state index in [2.05, 4.69) is 10.3 Å². The van der Waals surface area contributed by atoms with Gasteiger partial charge in [-0.25, -0.2) is 0 Å². The molecule has 1 aromatic rings. The first-order valence-electron chi connectivity index (χ1n) is 6.64. The van der Waals surface area contributed by atoms with Gasteiger partial charge in [0.25, 0.3) is 0 Å². The Balaban J connectivity index is 2.04. The average molecular weight is 261 g/mol. The zero-order valence-electron chi connectivity index (χ0n) is 11.3. The van der Waals surface area contributed by atoms with Gasteiger partial charge in [-0.3, -0.25) is 14.6 Å². The minimum Gasteiger partial charge on any atom is -0.343 e. The van der Waals surface area contributed by atoms with Crippen molar-refractivity contribution in [2.24, 2.45) is 0 Å². The molecule has 5 nitrogen and oxygen atoms in total. The van der Waals surface area contributed by atoms with Crippen molar-refractivity contribution in [2.45, 2.75) is 38.8 Å². The molecule has 1 fully saturated rings. The second-order valence-electron chi connectivity index (χ2n) is 4.75. The van der Waals surface area contributed by atoms with Crippen molar-refractivity contribution in [1.82, 2.24) is 15.2 Å². The number of aromatic nitrogens is 1. The van der Waals surface area contributed by atoms with Gasteiger partial charge in [0.2, 0.25) is 11.8 Å². The Labute approximate surface area is 113 Å². The molecule has 19 heavy (non-hydrogen) atoms. The standard InChI is InChI=1S/C14H19N3O2/c1-3-12-14(19)17(10(2)13(18)16-12)9-7-11-6-4-5-8-15-11/h4-6,8,10,12H,3,7,9H2,1-2H3,(H,16,18). The largest absolute Gasteiger partial charge is 0.343 e. The Hall–Kier alpha value is -1.91. The van der Waals surface area contributed by atoms with Crippen LogP contribution in [0.3, 0.4) is 0 Å². The molecule has 0 radical (unpaired) electrons. The second-order valence-corrected chi connectivity index (χ2v) is 4.75. The fraction of sp³-hybridized carbons (Fsp3) is 0.500. The summed E-state index contributed by atoms with van der Waals surface area (Å²) in [6.45, 7) is 4.19. The van der Waals surface area contributed by atoms with E-state index in [1.54, 1.807) is 18.0 Å².